The summed E-state index contributed by atoms with van der Waals surface area (Å²) in [6.07, 6.45) is -4.40. The molecule has 0 saturated carbocycles. The van der Waals surface area contributed by atoms with Crippen molar-refractivity contribution in [1.82, 2.24) is 0 Å². The van der Waals surface area contributed by atoms with Gasteiger partial charge in [-0.2, -0.15) is 13.2 Å². The first-order chi connectivity index (χ1) is 8.63. The van der Waals surface area contributed by atoms with Crippen LogP contribution >= 0.6 is 12.2 Å². The topological polar surface area (TPSA) is 29.3 Å². The number of hydrogen-bond acceptors (Lipinski definition) is 2. The Morgan fingerprint density at radius 2 is 1.95 bits per heavy atom. The van der Waals surface area contributed by atoms with E-state index in [0.717, 1.165) is 11.0 Å². The van der Waals surface area contributed by atoms with Crippen LogP contribution in [0.1, 0.15) is 19.4 Å². The molecule has 1 aromatic rings. The van der Waals surface area contributed by atoms with E-state index in [0.29, 0.717) is 0 Å². The molecule has 0 aliphatic carbocycles. The van der Waals surface area contributed by atoms with Crippen molar-refractivity contribution in [1.29, 1.82) is 0 Å². The number of nitrogens with two attached hydrogens (primary N) is 1. The largest absolute Gasteiger partial charge is 0.405 e. The van der Waals surface area contributed by atoms with Gasteiger partial charge >= 0.3 is 6.18 Å². The van der Waals surface area contributed by atoms with Crippen molar-refractivity contribution < 1.29 is 17.6 Å². The average molecular weight is 294 g/mol. The van der Waals surface area contributed by atoms with Gasteiger partial charge in [-0.3, -0.25) is 0 Å². The molecule has 0 spiro atoms. The number of hydrogen-bond donors (Lipinski definition) is 1. The maximum Gasteiger partial charge on any atom is 0.405 e. The molecule has 0 fully saturated rings. The van der Waals surface area contributed by atoms with Gasteiger partial charge in [0.05, 0.1) is 11.3 Å². The lowest BCUT2D eigenvalue weighted by molar-refractivity contribution is -0.120. The van der Waals surface area contributed by atoms with Gasteiger partial charge in [-0.1, -0.05) is 18.3 Å². The van der Waals surface area contributed by atoms with Crippen LogP contribution in [0.4, 0.5) is 23.2 Å². The lowest BCUT2D eigenvalue weighted by Crippen LogP contribution is -2.40. The van der Waals surface area contributed by atoms with E-state index in [1.165, 1.54) is 12.1 Å². The molecule has 0 unspecified atom stereocenters. The standard InChI is InChI=1S/C12H14F4N2S/c1-7(2)18(6-12(14,15)16)9-5-3-4-8(13)10(9)11(17)19/h3-5,7H,6H2,1-2H3,(H2,17,19). The second kappa shape index (κ2) is 5.73. The van der Waals surface area contributed by atoms with Crippen molar-refractivity contribution in [3.63, 3.8) is 0 Å². The van der Waals surface area contributed by atoms with Gasteiger partial charge in [0.15, 0.2) is 0 Å². The van der Waals surface area contributed by atoms with Crippen LogP contribution in [0.2, 0.25) is 0 Å². The second-order valence-corrected chi connectivity index (χ2v) is 4.77. The molecule has 0 atom stereocenters. The minimum absolute atomic E-state index is 0.0554. The number of benzene rings is 1. The highest BCUT2D eigenvalue weighted by molar-refractivity contribution is 7.80. The Morgan fingerprint density at radius 1 is 1.37 bits per heavy atom. The molecule has 0 aliphatic rings. The lowest BCUT2D eigenvalue weighted by Gasteiger charge is -2.31. The van der Waals surface area contributed by atoms with E-state index in [-0.39, 0.29) is 16.2 Å². The summed E-state index contributed by atoms with van der Waals surface area (Å²) in [6.45, 7) is 1.98. The summed E-state index contributed by atoms with van der Waals surface area (Å²) in [5.41, 5.74) is 5.30. The summed E-state index contributed by atoms with van der Waals surface area (Å²) in [4.78, 5) is 0.762. The molecule has 0 amide bonds. The first-order valence-corrected chi connectivity index (χ1v) is 5.96. The van der Waals surface area contributed by atoms with E-state index in [9.17, 15) is 17.6 Å². The Bertz CT molecular complexity index is 471. The van der Waals surface area contributed by atoms with Crippen LogP contribution in [0.25, 0.3) is 0 Å². The molecule has 1 rings (SSSR count). The van der Waals surface area contributed by atoms with E-state index in [4.69, 9.17) is 18.0 Å². The number of halogens is 4. The molecule has 2 N–H and O–H groups in total. The van der Waals surface area contributed by atoms with Crippen LogP contribution in [-0.4, -0.2) is 23.8 Å². The molecule has 106 valence electrons. The van der Waals surface area contributed by atoms with Crippen LogP contribution in [0.3, 0.4) is 0 Å². The third kappa shape index (κ3) is 4.05. The van der Waals surface area contributed by atoms with Gasteiger partial charge in [0.2, 0.25) is 0 Å². The van der Waals surface area contributed by atoms with Gasteiger partial charge in [-0.25, -0.2) is 4.39 Å². The third-order valence-electron chi connectivity index (χ3n) is 2.52. The van der Waals surface area contributed by atoms with Crippen LogP contribution in [-0.2, 0) is 0 Å². The minimum atomic E-state index is -4.40. The fraction of sp³-hybridized carbons (Fsp3) is 0.417. The highest BCUT2D eigenvalue weighted by Crippen LogP contribution is 2.28. The first kappa shape index (κ1) is 15.7. The Labute approximate surface area is 114 Å². The Kier molecular flexibility index (Phi) is 4.73. The van der Waals surface area contributed by atoms with Crippen molar-refractivity contribution in [2.45, 2.75) is 26.1 Å². The predicted molar refractivity (Wildman–Crippen MR) is 70.8 cm³/mol. The van der Waals surface area contributed by atoms with Crippen molar-refractivity contribution in [2.24, 2.45) is 5.73 Å². The van der Waals surface area contributed by atoms with Gasteiger partial charge < -0.3 is 10.6 Å². The maximum atomic E-state index is 13.7. The lowest BCUT2D eigenvalue weighted by atomic mass is 10.1. The molecule has 19 heavy (non-hydrogen) atoms. The van der Waals surface area contributed by atoms with Crippen LogP contribution in [0, 0.1) is 5.82 Å². The zero-order valence-electron chi connectivity index (χ0n) is 10.5. The number of thiocarbonyl (C=S) groups is 1. The van der Waals surface area contributed by atoms with E-state index < -0.39 is 24.6 Å². The van der Waals surface area contributed by atoms with Gasteiger partial charge in [0, 0.05) is 6.04 Å². The van der Waals surface area contributed by atoms with E-state index in [1.807, 2.05) is 0 Å². The van der Waals surface area contributed by atoms with E-state index in [2.05, 4.69) is 0 Å². The highest BCUT2D eigenvalue weighted by Gasteiger charge is 2.33. The maximum absolute atomic E-state index is 13.7. The van der Waals surface area contributed by atoms with E-state index in [1.54, 1.807) is 13.8 Å². The summed E-state index contributed by atoms with van der Waals surface area (Å²) >= 11 is 4.71. The highest BCUT2D eigenvalue weighted by atomic mass is 32.1. The molecule has 0 aromatic heterocycles. The summed E-state index contributed by atoms with van der Waals surface area (Å²) < 4.78 is 51.4. The molecule has 2 nitrogen and oxygen atoms in total. The fourth-order valence-corrected chi connectivity index (χ4v) is 1.94. The predicted octanol–water partition coefficient (Wildman–Crippen LogP) is 3.24. The summed E-state index contributed by atoms with van der Waals surface area (Å²) in [7, 11) is 0. The van der Waals surface area contributed by atoms with Gasteiger partial charge in [-0.05, 0) is 26.0 Å². The molecular formula is C12H14F4N2S. The molecular weight excluding hydrogens is 280 g/mol. The molecule has 0 heterocycles. The molecule has 0 saturated heterocycles. The number of nitrogens with zero attached hydrogens (tertiary/aromatic N) is 1. The molecule has 0 aliphatic heterocycles. The zero-order chi connectivity index (χ0) is 14.8. The van der Waals surface area contributed by atoms with Crippen LogP contribution in [0.15, 0.2) is 18.2 Å². The van der Waals surface area contributed by atoms with Crippen molar-refractivity contribution in [2.75, 3.05) is 11.4 Å². The number of anilines is 1. The Balaban J connectivity index is 3.31. The van der Waals surface area contributed by atoms with Crippen molar-refractivity contribution in [3.8, 4) is 0 Å². The monoisotopic (exact) mass is 294 g/mol. The molecule has 7 heteroatoms. The van der Waals surface area contributed by atoms with Gasteiger partial charge in [-0.15, -0.1) is 0 Å². The average Bonchev–Trinajstić information content (AvgIpc) is 2.23. The quantitative estimate of drug-likeness (QED) is 0.683. The second-order valence-electron chi connectivity index (χ2n) is 4.34. The number of rotatable bonds is 4. The van der Waals surface area contributed by atoms with Crippen molar-refractivity contribution >= 4 is 22.9 Å². The van der Waals surface area contributed by atoms with E-state index >= 15 is 0 Å². The number of alkyl halides is 3. The van der Waals surface area contributed by atoms with Gasteiger partial charge in [0.25, 0.3) is 0 Å². The summed E-state index contributed by atoms with van der Waals surface area (Å²) in [5.74, 6) is -0.724. The fourth-order valence-electron chi connectivity index (χ4n) is 1.74. The van der Waals surface area contributed by atoms with Crippen LogP contribution < -0.4 is 10.6 Å². The summed E-state index contributed by atoms with van der Waals surface area (Å²) in [5, 5.41) is 0. The van der Waals surface area contributed by atoms with Crippen molar-refractivity contribution in [3.05, 3.63) is 29.6 Å². The normalized spacial score (nSPS) is 11.7. The molecule has 0 radical (unpaired) electrons. The first-order valence-electron chi connectivity index (χ1n) is 5.55. The minimum Gasteiger partial charge on any atom is -0.389 e. The zero-order valence-corrected chi connectivity index (χ0v) is 11.3. The third-order valence-corrected chi connectivity index (χ3v) is 2.72. The molecule has 1 aromatic carbocycles. The van der Waals surface area contributed by atoms with Gasteiger partial charge in [0.1, 0.15) is 17.4 Å². The smallest absolute Gasteiger partial charge is 0.389 e. The molecule has 0 bridgehead atoms. The SMILES string of the molecule is CC(C)N(CC(F)(F)F)c1cccc(F)c1C(N)=S. The Morgan fingerprint density at radius 3 is 2.37 bits per heavy atom. The summed E-state index contributed by atoms with van der Waals surface area (Å²) in [6, 6.07) is 3.35. The van der Waals surface area contributed by atoms with Crippen LogP contribution in [0.5, 0.6) is 0 Å². The Hall–Kier alpha value is -1.37.